The molecule has 0 N–H and O–H groups in total. The Morgan fingerprint density at radius 3 is 2.62 bits per heavy atom. The Morgan fingerprint density at radius 1 is 1.12 bits per heavy atom. The van der Waals surface area contributed by atoms with Crippen LogP contribution in [0.5, 0.6) is 0 Å². The number of rotatable bonds is 2. The Balaban J connectivity index is 1.89. The molecule has 0 bridgehead atoms. The molecule has 4 rings (SSSR count). The maximum Gasteiger partial charge on any atom is 0.275 e. The summed E-state index contributed by atoms with van der Waals surface area (Å²) in [5.74, 6) is 0.114. The van der Waals surface area contributed by atoms with E-state index in [-0.39, 0.29) is 11.9 Å². The van der Waals surface area contributed by atoms with Gasteiger partial charge in [-0.25, -0.2) is 0 Å². The van der Waals surface area contributed by atoms with Crippen molar-refractivity contribution in [3.63, 3.8) is 0 Å². The summed E-state index contributed by atoms with van der Waals surface area (Å²) in [6, 6.07) is 16.7. The molecule has 3 nitrogen and oxygen atoms in total. The van der Waals surface area contributed by atoms with E-state index in [1.165, 1.54) is 10.9 Å². The summed E-state index contributed by atoms with van der Waals surface area (Å²) in [6.07, 6.45) is 0.924. The average molecular weight is 318 g/mol. The van der Waals surface area contributed by atoms with Crippen molar-refractivity contribution in [3.8, 4) is 0 Å². The molecule has 0 radical (unpaired) electrons. The molecule has 1 unspecified atom stereocenters. The number of carbonyl (C=O) groups excluding carboxylic acids is 1. The number of amides is 1. The Morgan fingerprint density at radius 2 is 1.83 bits per heavy atom. The fraction of sp³-hybridized carbons (Fsp3) is 0.286. The molecular formula is C21H22N2O. The Hall–Kier alpha value is -2.55. The highest BCUT2D eigenvalue weighted by atomic mass is 16.2. The smallest absolute Gasteiger partial charge is 0.275 e. The second-order valence-electron chi connectivity index (χ2n) is 6.59. The first kappa shape index (κ1) is 15.0. The molecule has 2 aromatic carbocycles. The lowest BCUT2D eigenvalue weighted by Gasteiger charge is -2.24. The zero-order valence-electron chi connectivity index (χ0n) is 14.4. The minimum absolute atomic E-state index is 0.114. The molecule has 3 heteroatoms. The van der Waals surface area contributed by atoms with Crippen molar-refractivity contribution in [2.45, 2.75) is 39.8 Å². The molecule has 24 heavy (non-hydrogen) atoms. The van der Waals surface area contributed by atoms with Gasteiger partial charge in [0.1, 0.15) is 5.69 Å². The molecule has 1 aliphatic heterocycles. The Kier molecular flexibility index (Phi) is 3.45. The quantitative estimate of drug-likeness (QED) is 0.680. The van der Waals surface area contributed by atoms with Crippen LogP contribution in [0.4, 0.5) is 5.69 Å². The van der Waals surface area contributed by atoms with Crippen LogP contribution >= 0.6 is 0 Å². The number of para-hydroxylation sites is 2. The molecule has 0 saturated heterocycles. The molecule has 1 aromatic heterocycles. The number of carbonyl (C=O) groups is 1. The van der Waals surface area contributed by atoms with E-state index < -0.39 is 0 Å². The fourth-order valence-corrected chi connectivity index (χ4v) is 4.07. The van der Waals surface area contributed by atoms with Crippen molar-refractivity contribution in [2.75, 3.05) is 4.90 Å². The summed E-state index contributed by atoms with van der Waals surface area (Å²) in [4.78, 5) is 15.5. The van der Waals surface area contributed by atoms with Crippen molar-refractivity contribution in [1.29, 1.82) is 0 Å². The van der Waals surface area contributed by atoms with E-state index >= 15 is 0 Å². The zero-order valence-corrected chi connectivity index (χ0v) is 14.4. The third kappa shape index (κ3) is 2.01. The summed E-state index contributed by atoms with van der Waals surface area (Å²) in [5, 5.41) is 1.17. The van der Waals surface area contributed by atoms with Gasteiger partial charge in [-0.15, -0.1) is 0 Å². The Labute approximate surface area is 142 Å². The van der Waals surface area contributed by atoms with Crippen LogP contribution in [0.15, 0.2) is 48.5 Å². The monoisotopic (exact) mass is 318 g/mol. The van der Waals surface area contributed by atoms with E-state index in [2.05, 4.69) is 49.6 Å². The van der Waals surface area contributed by atoms with E-state index in [1.807, 2.05) is 29.2 Å². The Bertz CT molecular complexity index is 938. The topological polar surface area (TPSA) is 25.2 Å². The predicted molar refractivity (Wildman–Crippen MR) is 98.8 cm³/mol. The predicted octanol–water partition coefficient (Wildman–Crippen LogP) is 4.56. The first-order valence-corrected chi connectivity index (χ1v) is 8.62. The average Bonchev–Trinajstić information content (AvgIpc) is 3.08. The van der Waals surface area contributed by atoms with Gasteiger partial charge in [-0.2, -0.15) is 0 Å². The van der Waals surface area contributed by atoms with Gasteiger partial charge in [-0.05, 0) is 50.5 Å². The van der Waals surface area contributed by atoms with Gasteiger partial charge in [0.25, 0.3) is 5.91 Å². The van der Waals surface area contributed by atoms with Gasteiger partial charge < -0.3 is 9.47 Å². The lowest BCUT2D eigenvalue weighted by Crippen LogP contribution is -2.37. The second-order valence-corrected chi connectivity index (χ2v) is 6.59. The lowest BCUT2D eigenvalue weighted by atomic mass is 10.1. The number of anilines is 1. The van der Waals surface area contributed by atoms with E-state index in [0.717, 1.165) is 35.4 Å². The summed E-state index contributed by atoms with van der Waals surface area (Å²) >= 11 is 0. The van der Waals surface area contributed by atoms with Gasteiger partial charge in [-0.3, -0.25) is 4.79 Å². The van der Waals surface area contributed by atoms with Gasteiger partial charge in [0.05, 0.1) is 0 Å². The highest BCUT2D eigenvalue weighted by molar-refractivity contribution is 6.11. The molecule has 0 aliphatic carbocycles. The first-order chi connectivity index (χ1) is 11.6. The van der Waals surface area contributed by atoms with Crippen LogP contribution in [0.25, 0.3) is 10.9 Å². The van der Waals surface area contributed by atoms with E-state index in [0.29, 0.717) is 0 Å². The zero-order chi connectivity index (χ0) is 16.8. The molecule has 1 aliphatic rings. The fourth-order valence-electron chi connectivity index (χ4n) is 4.07. The molecule has 2 heterocycles. The number of fused-ring (bicyclic) bond motifs is 2. The summed E-state index contributed by atoms with van der Waals surface area (Å²) in [5.41, 5.74) is 5.36. The largest absolute Gasteiger partial charge is 0.337 e. The number of nitrogens with zero attached hydrogens (tertiary/aromatic N) is 2. The van der Waals surface area contributed by atoms with Crippen molar-refractivity contribution >= 4 is 22.5 Å². The summed E-state index contributed by atoms with van der Waals surface area (Å²) < 4.78 is 2.15. The van der Waals surface area contributed by atoms with Crippen LogP contribution in [-0.4, -0.2) is 16.5 Å². The van der Waals surface area contributed by atoms with Gasteiger partial charge in [0.2, 0.25) is 0 Å². The van der Waals surface area contributed by atoms with Crippen LogP contribution in [0.1, 0.15) is 35.5 Å². The van der Waals surface area contributed by atoms with Crippen LogP contribution < -0.4 is 4.90 Å². The number of aryl methyl sites for hydroxylation is 2. The van der Waals surface area contributed by atoms with Gasteiger partial charge in [0.15, 0.2) is 0 Å². The maximum absolute atomic E-state index is 13.5. The minimum atomic E-state index is 0.114. The molecule has 1 amide bonds. The first-order valence-electron chi connectivity index (χ1n) is 8.62. The standard InChI is InChI=1S/C21H22N2O/c1-4-22-19-12-8-6-10-17(19)15(3)20(22)21(24)23-14(2)13-16-9-5-7-11-18(16)23/h5-12,14H,4,13H2,1-3H3. The second kappa shape index (κ2) is 5.52. The molecular weight excluding hydrogens is 296 g/mol. The molecule has 3 aromatic rings. The van der Waals surface area contributed by atoms with Crippen molar-refractivity contribution in [2.24, 2.45) is 0 Å². The van der Waals surface area contributed by atoms with E-state index in [9.17, 15) is 4.79 Å². The molecule has 0 spiro atoms. The van der Waals surface area contributed by atoms with Crippen molar-refractivity contribution in [3.05, 3.63) is 65.4 Å². The lowest BCUT2D eigenvalue weighted by molar-refractivity contribution is 0.0972. The molecule has 0 fully saturated rings. The van der Waals surface area contributed by atoms with Crippen molar-refractivity contribution < 1.29 is 4.79 Å². The maximum atomic E-state index is 13.5. The highest BCUT2D eigenvalue weighted by Crippen LogP contribution is 2.35. The molecule has 0 saturated carbocycles. The van der Waals surface area contributed by atoms with Crippen molar-refractivity contribution in [1.82, 2.24) is 4.57 Å². The van der Waals surface area contributed by atoms with Gasteiger partial charge >= 0.3 is 0 Å². The van der Waals surface area contributed by atoms with Crippen LogP contribution in [0.2, 0.25) is 0 Å². The number of hydrogen-bond acceptors (Lipinski definition) is 1. The van der Waals surface area contributed by atoms with Gasteiger partial charge in [-0.1, -0.05) is 36.4 Å². The van der Waals surface area contributed by atoms with Crippen LogP contribution in [-0.2, 0) is 13.0 Å². The number of hydrogen-bond donors (Lipinski definition) is 0. The number of aromatic nitrogens is 1. The number of benzene rings is 2. The molecule has 122 valence electrons. The van der Waals surface area contributed by atoms with E-state index in [1.54, 1.807) is 0 Å². The van der Waals surface area contributed by atoms with Crippen LogP contribution in [0.3, 0.4) is 0 Å². The highest BCUT2D eigenvalue weighted by Gasteiger charge is 2.33. The van der Waals surface area contributed by atoms with Crippen LogP contribution in [0, 0.1) is 6.92 Å². The SMILES string of the molecule is CCn1c(C(=O)N2c3ccccc3CC2C)c(C)c2ccccc21. The summed E-state index contributed by atoms with van der Waals surface area (Å²) in [6.45, 7) is 7.09. The third-order valence-corrected chi connectivity index (χ3v) is 5.17. The van der Waals surface area contributed by atoms with E-state index in [4.69, 9.17) is 0 Å². The minimum Gasteiger partial charge on any atom is -0.337 e. The molecule has 1 atom stereocenters. The third-order valence-electron chi connectivity index (χ3n) is 5.17. The normalized spacial score (nSPS) is 16.6. The summed E-state index contributed by atoms with van der Waals surface area (Å²) in [7, 11) is 0. The van der Waals surface area contributed by atoms with Gasteiger partial charge in [0, 0.05) is 29.2 Å².